The first kappa shape index (κ1) is 25.4. The quantitative estimate of drug-likeness (QED) is 0.434. The van der Waals surface area contributed by atoms with E-state index in [1.165, 1.54) is 39.5 Å². The number of rotatable bonds is 10. The molecule has 0 heterocycles. The van der Waals surface area contributed by atoms with Gasteiger partial charge in [-0.25, -0.2) is 8.42 Å². The SMILES string of the molecule is COc1ccc(S(=O)(=O)N[C@H](Cc2ccccc2)C(=O)Nc2ccc(OC)c(OC)c2)cc1Cl. The van der Waals surface area contributed by atoms with E-state index in [1.54, 1.807) is 18.2 Å². The Morgan fingerprint density at radius 1 is 0.882 bits per heavy atom. The van der Waals surface area contributed by atoms with Gasteiger partial charge in [0.2, 0.25) is 15.9 Å². The van der Waals surface area contributed by atoms with E-state index >= 15 is 0 Å². The molecule has 3 aromatic rings. The summed E-state index contributed by atoms with van der Waals surface area (Å²) in [5.74, 6) is 0.721. The molecular weight excluding hydrogens is 480 g/mol. The third kappa shape index (κ3) is 6.19. The molecule has 0 saturated heterocycles. The number of carbonyl (C=O) groups excluding carboxylic acids is 1. The number of methoxy groups -OCH3 is 3. The Morgan fingerprint density at radius 3 is 2.15 bits per heavy atom. The van der Waals surface area contributed by atoms with Gasteiger partial charge < -0.3 is 19.5 Å². The fraction of sp³-hybridized carbons (Fsp3) is 0.208. The average Bonchev–Trinajstić information content (AvgIpc) is 2.84. The second-order valence-corrected chi connectivity index (χ2v) is 9.34. The maximum absolute atomic E-state index is 13.2. The maximum Gasteiger partial charge on any atom is 0.242 e. The highest BCUT2D eigenvalue weighted by Gasteiger charge is 2.27. The largest absolute Gasteiger partial charge is 0.495 e. The minimum atomic E-state index is -4.08. The van der Waals surface area contributed by atoms with Crippen molar-refractivity contribution in [1.82, 2.24) is 4.72 Å². The highest BCUT2D eigenvalue weighted by molar-refractivity contribution is 7.89. The van der Waals surface area contributed by atoms with Gasteiger partial charge in [0, 0.05) is 11.8 Å². The van der Waals surface area contributed by atoms with Gasteiger partial charge in [0.1, 0.15) is 11.8 Å². The van der Waals surface area contributed by atoms with Crippen LogP contribution in [0.2, 0.25) is 5.02 Å². The minimum absolute atomic E-state index is 0.0877. The van der Waals surface area contributed by atoms with Crippen LogP contribution in [-0.2, 0) is 21.2 Å². The van der Waals surface area contributed by atoms with Crippen LogP contribution in [0.25, 0.3) is 0 Å². The zero-order valence-electron chi connectivity index (χ0n) is 18.9. The van der Waals surface area contributed by atoms with Crippen molar-refractivity contribution in [2.24, 2.45) is 0 Å². The molecule has 10 heteroatoms. The molecule has 1 atom stereocenters. The van der Waals surface area contributed by atoms with Gasteiger partial charge in [0.05, 0.1) is 31.2 Å². The van der Waals surface area contributed by atoms with Crippen molar-refractivity contribution in [2.45, 2.75) is 17.4 Å². The van der Waals surface area contributed by atoms with Crippen LogP contribution in [0, 0.1) is 0 Å². The lowest BCUT2D eigenvalue weighted by Gasteiger charge is -2.19. The van der Waals surface area contributed by atoms with E-state index in [0.29, 0.717) is 22.9 Å². The Balaban J connectivity index is 1.89. The number of sulfonamides is 1. The molecule has 180 valence electrons. The summed E-state index contributed by atoms with van der Waals surface area (Å²) < 4.78 is 44.3. The van der Waals surface area contributed by atoms with Crippen LogP contribution in [0.5, 0.6) is 17.2 Å². The first-order valence-corrected chi connectivity index (χ1v) is 12.1. The van der Waals surface area contributed by atoms with Crippen LogP contribution in [0.3, 0.4) is 0 Å². The van der Waals surface area contributed by atoms with Gasteiger partial charge in [-0.15, -0.1) is 0 Å². The number of benzene rings is 3. The summed E-state index contributed by atoms with van der Waals surface area (Å²) in [7, 11) is 0.337. The van der Waals surface area contributed by atoms with Crippen LogP contribution in [-0.4, -0.2) is 41.7 Å². The van der Waals surface area contributed by atoms with Gasteiger partial charge >= 0.3 is 0 Å². The molecule has 3 rings (SSSR count). The summed E-state index contributed by atoms with van der Waals surface area (Å²) in [5.41, 5.74) is 1.21. The molecule has 3 aromatic carbocycles. The molecule has 2 N–H and O–H groups in total. The Bertz CT molecular complexity index is 1250. The third-order valence-electron chi connectivity index (χ3n) is 4.98. The lowest BCUT2D eigenvalue weighted by Crippen LogP contribution is -2.45. The van der Waals surface area contributed by atoms with Crippen LogP contribution in [0.1, 0.15) is 5.56 Å². The number of hydrogen-bond acceptors (Lipinski definition) is 6. The fourth-order valence-corrected chi connectivity index (χ4v) is 4.79. The molecule has 0 aliphatic carbocycles. The molecule has 0 unspecified atom stereocenters. The van der Waals surface area contributed by atoms with E-state index in [-0.39, 0.29) is 16.3 Å². The summed E-state index contributed by atoms with van der Waals surface area (Å²) in [6.07, 6.45) is 0.128. The van der Waals surface area contributed by atoms with Crippen molar-refractivity contribution in [3.63, 3.8) is 0 Å². The molecule has 0 spiro atoms. The monoisotopic (exact) mass is 504 g/mol. The Morgan fingerprint density at radius 2 is 1.53 bits per heavy atom. The normalized spacial score (nSPS) is 12.0. The van der Waals surface area contributed by atoms with Crippen molar-refractivity contribution in [1.29, 1.82) is 0 Å². The number of amides is 1. The second-order valence-electron chi connectivity index (χ2n) is 7.22. The highest BCUT2D eigenvalue weighted by Crippen LogP contribution is 2.30. The molecule has 0 aliphatic rings. The summed E-state index contributed by atoms with van der Waals surface area (Å²) in [5, 5.41) is 2.88. The minimum Gasteiger partial charge on any atom is -0.495 e. The average molecular weight is 505 g/mol. The number of carbonyl (C=O) groups is 1. The van der Waals surface area contributed by atoms with Gasteiger partial charge in [-0.1, -0.05) is 41.9 Å². The molecule has 0 aliphatic heterocycles. The smallest absolute Gasteiger partial charge is 0.242 e. The molecule has 0 fully saturated rings. The number of halogens is 1. The number of hydrogen-bond donors (Lipinski definition) is 2. The van der Waals surface area contributed by atoms with Gasteiger partial charge in [0.15, 0.2) is 11.5 Å². The van der Waals surface area contributed by atoms with E-state index in [4.69, 9.17) is 25.8 Å². The lowest BCUT2D eigenvalue weighted by atomic mass is 10.1. The Kier molecular flexibility index (Phi) is 8.38. The maximum atomic E-state index is 13.2. The van der Waals surface area contributed by atoms with E-state index < -0.39 is 22.0 Å². The number of ether oxygens (including phenoxy) is 3. The summed E-state index contributed by atoms with van der Waals surface area (Å²) in [6, 6.07) is 16.9. The summed E-state index contributed by atoms with van der Waals surface area (Å²) in [6.45, 7) is 0. The van der Waals surface area contributed by atoms with Gasteiger partial charge in [-0.05, 0) is 42.3 Å². The van der Waals surface area contributed by atoms with Crippen LogP contribution >= 0.6 is 11.6 Å². The summed E-state index contributed by atoms with van der Waals surface area (Å²) >= 11 is 6.11. The van der Waals surface area contributed by atoms with Crippen molar-refractivity contribution in [2.75, 3.05) is 26.6 Å². The van der Waals surface area contributed by atoms with Gasteiger partial charge in [0.25, 0.3) is 0 Å². The Hall–Kier alpha value is -3.27. The predicted octanol–water partition coefficient (Wildman–Crippen LogP) is 3.89. The van der Waals surface area contributed by atoms with E-state index in [1.807, 2.05) is 30.3 Å². The second kappa shape index (κ2) is 11.2. The van der Waals surface area contributed by atoms with Crippen molar-refractivity contribution >= 4 is 33.2 Å². The van der Waals surface area contributed by atoms with Crippen molar-refractivity contribution in [3.05, 3.63) is 77.3 Å². The molecule has 34 heavy (non-hydrogen) atoms. The number of anilines is 1. The molecule has 0 radical (unpaired) electrons. The fourth-order valence-electron chi connectivity index (χ4n) is 3.25. The zero-order valence-corrected chi connectivity index (χ0v) is 20.4. The third-order valence-corrected chi connectivity index (χ3v) is 6.75. The molecule has 0 saturated carbocycles. The summed E-state index contributed by atoms with van der Waals surface area (Å²) in [4.78, 5) is 13.1. The van der Waals surface area contributed by atoms with Crippen LogP contribution < -0.4 is 24.2 Å². The predicted molar refractivity (Wildman–Crippen MR) is 130 cm³/mol. The van der Waals surface area contributed by atoms with Gasteiger partial charge in [-0.3, -0.25) is 4.79 Å². The number of nitrogens with one attached hydrogen (secondary N) is 2. The van der Waals surface area contributed by atoms with Crippen molar-refractivity contribution in [3.8, 4) is 17.2 Å². The molecular formula is C24H25ClN2O6S. The first-order valence-electron chi connectivity index (χ1n) is 10.2. The van der Waals surface area contributed by atoms with Gasteiger partial charge in [-0.2, -0.15) is 4.72 Å². The first-order chi connectivity index (χ1) is 16.3. The highest BCUT2D eigenvalue weighted by atomic mass is 35.5. The van der Waals surface area contributed by atoms with Crippen molar-refractivity contribution < 1.29 is 27.4 Å². The Labute approximate surface area is 203 Å². The molecule has 8 nitrogen and oxygen atoms in total. The standard InChI is InChI=1S/C24H25ClN2O6S/c1-31-21-12-10-18(15-19(21)25)34(29,30)27-20(13-16-7-5-4-6-8-16)24(28)26-17-9-11-22(32-2)23(14-17)33-3/h4-12,14-15,20,27H,13H2,1-3H3,(H,26,28)/t20-/m1/s1. The molecule has 0 bridgehead atoms. The lowest BCUT2D eigenvalue weighted by molar-refractivity contribution is -0.117. The topological polar surface area (TPSA) is 103 Å². The molecule has 0 aromatic heterocycles. The van der Waals surface area contributed by atoms with Crippen LogP contribution in [0.4, 0.5) is 5.69 Å². The van der Waals surface area contributed by atoms with E-state index in [2.05, 4.69) is 10.0 Å². The van der Waals surface area contributed by atoms with E-state index in [9.17, 15) is 13.2 Å². The van der Waals surface area contributed by atoms with Crippen LogP contribution in [0.15, 0.2) is 71.6 Å². The molecule has 1 amide bonds. The van der Waals surface area contributed by atoms with E-state index in [0.717, 1.165) is 5.56 Å². The zero-order chi connectivity index (χ0) is 24.7.